The van der Waals surface area contributed by atoms with Crippen LogP contribution in [-0.2, 0) is 14.3 Å². The minimum atomic E-state index is -1.09. The van der Waals surface area contributed by atoms with E-state index in [1.807, 2.05) is 0 Å². The molecule has 0 aliphatic carbocycles. The van der Waals surface area contributed by atoms with Crippen LogP contribution < -0.4 is 10.6 Å². The van der Waals surface area contributed by atoms with Crippen LogP contribution in [0.5, 0.6) is 0 Å². The van der Waals surface area contributed by atoms with Crippen LogP contribution in [-0.4, -0.2) is 35.4 Å². The lowest BCUT2D eigenvalue weighted by atomic mass is 10.0. The predicted octanol–water partition coefficient (Wildman–Crippen LogP) is 3.84. The molecule has 0 aliphatic rings. The first-order valence-corrected chi connectivity index (χ1v) is 9.81. The third-order valence-electron chi connectivity index (χ3n) is 4.11. The van der Waals surface area contributed by atoms with Gasteiger partial charge in [0.2, 0.25) is 0 Å². The Morgan fingerprint density at radius 1 is 1.10 bits per heavy atom. The molecule has 0 heterocycles. The smallest absolute Gasteiger partial charge is 0.329 e. The van der Waals surface area contributed by atoms with Gasteiger partial charge in [-0.2, -0.15) is 0 Å². The monoisotopic (exact) mass is 467 g/mol. The van der Waals surface area contributed by atoms with Crippen LogP contribution in [0.25, 0.3) is 0 Å². The summed E-state index contributed by atoms with van der Waals surface area (Å²) in [5.74, 6) is -2.55. The number of halogens is 2. The number of esters is 1. The van der Waals surface area contributed by atoms with Crippen molar-refractivity contribution in [3.05, 3.63) is 68.2 Å². The lowest BCUT2D eigenvalue weighted by molar-refractivity contribution is -0.384. The van der Waals surface area contributed by atoms with E-state index in [2.05, 4.69) is 10.6 Å². The van der Waals surface area contributed by atoms with Gasteiger partial charge < -0.3 is 15.4 Å². The number of nitro groups is 1. The number of nitro benzene ring substituents is 1. The Balaban J connectivity index is 2.01. The second kappa shape index (κ2) is 10.7. The summed E-state index contributed by atoms with van der Waals surface area (Å²) >= 11 is 11.7. The van der Waals surface area contributed by atoms with Crippen LogP contribution in [0.1, 0.15) is 24.2 Å². The minimum Gasteiger partial charge on any atom is -0.454 e. The number of carbonyl (C=O) groups is 3. The van der Waals surface area contributed by atoms with E-state index < -0.39 is 41.0 Å². The lowest BCUT2D eigenvalue weighted by Crippen LogP contribution is -2.46. The van der Waals surface area contributed by atoms with Crippen LogP contribution in [0.4, 0.5) is 11.4 Å². The van der Waals surface area contributed by atoms with E-state index in [0.29, 0.717) is 10.7 Å². The molecule has 0 aromatic heterocycles. The van der Waals surface area contributed by atoms with Crippen molar-refractivity contribution in [2.75, 3.05) is 11.9 Å². The Morgan fingerprint density at radius 2 is 1.77 bits per heavy atom. The van der Waals surface area contributed by atoms with Gasteiger partial charge in [0.25, 0.3) is 17.5 Å². The van der Waals surface area contributed by atoms with Crippen LogP contribution in [0.15, 0.2) is 42.5 Å². The van der Waals surface area contributed by atoms with Gasteiger partial charge in [-0.05, 0) is 30.2 Å². The Bertz CT molecular complexity index is 1010. The van der Waals surface area contributed by atoms with Crippen LogP contribution in [0.2, 0.25) is 10.0 Å². The molecule has 2 N–H and O–H groups in total. The maximum Gasteiger partial charge on any atom is 0.329 e. The highest BCUT2D eigenvalue weighted by Crippen LogP contribution is 2.25. The van der Waals surface area contributed by atoms with Crippen molar-refractivity contribution in [1.29, 1.82) is 0 Å². The molecule has 11 heteroatoms. The molecule has 0 spiro atoms. The second-order valence-corrected chi connectivity index (χ2v) is 7.57. The normalized spacial score (nSPS) is 11.5. The molecule has 0 bridgehead atoms. The molecule has 0 fully saturated rings. The summed E-state index contributed by atoms with van der Waals surface area (Å²) in [7, 11) is 0. The second-order valence-electron chi connectivity index (χ2n) is 6.75. The van der Waals surface area contributed by atoms with E-state index in [1.54, 1.807) is 38.1 Å². The van der Waals surface area contributed by atoms with Crippen LogP contribution >= 0.6 is 23.2 Å². The van der Waals surface area contributed by atoms with Crippen molar-refractivity contribution in [3.8, 4) is 0 Å². The van der Waals surface area contributed by atoms with Crippen molar-refractivity contribution in [1.82, 2.24) is 5.32 Å². The van der Waals surface area contributed by atoms with Crippen molar-refractivity contribution < 1.29 is 24.0 Å². The largest absolute Gasteiger partial charge is 0.454 e. The lowest BCUT2D eigenvalue weighted by Gasteiger charge is -2.21. The summed E-state index contributed by atoms with van der Waals surface area (Å²) in [5, 5.41) is 16.2. The molecule has 31 heavy (non-hydrogen) atoms. The highest BCUT2D eigenvalue weighted by molar-refractivity contribution is 6.33. The molecule has 164 valence electrons. The number of hydrogen-bond donors (Lipinski definition) is 2. The first kappa shape index (κ1) is 24.1. The van der Waals surface area contributed by atoms with Gasteiger partial charge in [0.15, 0.2) is 6.61 Å². The highest BCUT2D eigenvalue weighted by Gasteiger charge is 2.27. The average Bonchev–Trinajstić information content (AvgIpc) is 2.71. The molecule has 0 radical (unpaired) electrons. The fraction of sp³-hybridized carbons (Fsp3) is 0.250. The Morgan fingerprint density at radius 3 is 2.39 bits per heavy atom. The maximum atomic E-state index is 12.5. The Labute approximate surface area is 187 Å². The van der Waals surface area contributed by atoms with E-state index in [4.69, 9.17) is 27.9 Å². The number of nitrogens with one attached hydrogen (secondary N) is 2. The molecule has 2 aromatic rings. The number of rotatable bonds is 8. The van der Waals surface area contributed by atoms with Crippen molar-refractivity contribution >= 4 is 52.4 Å². The standard InChI is InChI=1S/C20H19Cl2N3O6/c1-11(2)18(24-19(27)12-7-8-14(22)16(9-12)25(29)30)20(28)31-10-17(26)23-15-6-4-3-5-13(15)21/h3-9,11,18H,10H2,1-2H3,(H,23,26)(H,24,27). The number of nitrogens with zero attached hydrogens (tertiary/aromatic N) is 1. The van der Waals surface area contributed by atoms with Crippen molar-refractivity contribution in [3.63, 3.8) is 0 Å². The molecule has 2 aromatic carbocycles. The molecule has 1 atom stereocenters. The highest BCUT2D eigenvalue weighted by atomic mass is 35.5. The number of para-hydroxylation sites is 1. The fourth-order valence-electron chi connectivity index (χ4n) is 2.49. The molecular weight excluding hydrogens is 449 g/mol. The van der Waals surface area contributed by atoms with E-state index >= 15 is 0 Å². The summed E-state index contributed by atoms with van der Waals surface area (Å²) in [6.45, 7) is 2.75. The molecule has 1 unspecified atom stereocenters. The van der Waals surface area contributed by atoms with Crippen molar-refractivity contribution in [2.24, 2.45) is 5.92 Å². The summed E-state index contributed by atoms with van der Waals surface area (Å²) in [4.78, 5) is 47.2. The third-order valence-corrected chi connectivity index (χ3v) is 4.75. The van der Waals surface area contributed by atoms with Gasteiger partial charge in [-0.25, -0.2) is 4.79 Å². The number of amides is 2. The minimum absolute atomic E-state index is 0.0500. The molecule has 2 amide bonds. The van der Waals surface area contributed by atoms with E-state index in [1.165, 1.54) is 12.1 Å². The van der Waals surface area contributed by atoms with E-state index in [0.717, 1.165) is 6.07 Å². The maximum absolute atomic E-state index is 12.5. The molecule has 0 aliphatic heterocycles. The van der Waals surface area contributed by atoms with E-state index in [-0.39, 0.29) is 16.5 Å². The topological polar surface area (TPSA) is 128 Å². The van der Waals surface area contributed by atoms with Gasteiger partial charge in [-0.3, -0.25) is 19.7 Å². The first-order chi connectivity index (χ1) is 14.6. The zero-order valence-electron chi connectivity index (χ0n) is 16.6. The number of anilines is 1. The number of ether oxygens (including phenoxy) is 1. The van der Waals surface area contributed by atoms with Crippen molar-refractivity contribution in [2.45, 2.75) is 19.9 Å². The summed E-state index contributed by atoms with van der Waals surface area (Å²) in [5.41, 5.74) is -0.122. The molecule has 0 saturated heterocycles. The molecule has 9 nitrogen and oxygen atoms in total. The summed E-state index contributed by atoms with van der Waals surface area (Å²) < 4.78 is 5.02. The average molecular weight is 468 g/mol. The zero-order valence-corrected chi connectivity index (χ0v) is 18.1. The predicted molar refractivity (Wildman–Crippen MR) is 115 cm³/mol. The Hall–Kier alpha value is -3.17. The first-order valence-electron chi connectivity index (χ1n) is 9.06. The van der Waals surface area contributed by atoms with Crippen LogP contribution in [0, 0.1) is 16.0 Å². The molecule has 0 saturated carbocycles. The van der Waals surface area contributed by atoms with Gasteiger partial charge in [-0.1, -0.05) is 49.2 Å². The number of benzene rings is 2. The number of hydrogen-bond acceptors (Lipinski definition) is 6. The van der Waals surface area contributed by atoms with Crippen LogP contribution in [0.3, 0.4) is 0 Å². The Kier molecular flexibility index (Phi) is 8.35. The fourth-order valence-corrected chi connectivity index (χ4v) is 2.86. The molecular formula is C20H19Cl2N3O6. The summed E-state index contributed by atoms with van der Waals surface area (Å²) in [6, 6.07) is 9.00. The van der Waals surface area contributed by atoms with E-state index in [9.17, 15) is 24.5 Å². The molecule has 2 rings (SSSR count). The van der Waals surface area contributed by atoms with Gasteiger partial charge in [0, 0.05) is 11.6 Å². The number of carbonyl (C=O) groups excluding carboxylic acids is 3. The quantitative estimate of drug-likeness (QED) is 0.344. The summed E-state index contributed by atoms with van der Waals surface area (Å²) in [6.07, 6.45) is 0. The van der Waals surface area contributed by atoms with Gasteiger partial charge in [0.05, 0.1) is 15.6 Å². The SMILES string of the molecule is CC(C)C(NC(=O)c1ccc(Cl)c([N+](=O)[O-])c1)C(=O)OCC(=O)Nc1ccccc1Cl. The zero-order chi connectivity index (χ0) is 23.1. The van der Waals surface area contributed by atoms with Gasteiger partial charge in [-0.15, -0.1) is 0 Å². The van der Waals surface area contributed by atoms with Gasteiger partial charge >= 0.3 is 5.97 Å². The van der Waals surface area contributed by atoms with Gasteiger partial charge in [0.1, 0.15) is 11.1 Å². The third kappa shape index (κ3) is 6.66.